The van der Waals surface area contributed by atoms with E-state index in [1.54, 1.807) is 0 Å². The number of nitrogens with zero attached hydrogens (tertiary/aromatic N) is 2. The standard InChI is InChI=1S/C23H22N2O3S/c1-11(2)13-4-6-14(7-5-13)18-12(3)29-23(15(18)10-24)25-21(26)19-16-8-9-17(28-16)20(19)22(25)27/h4-7,11,16-17,19-20H,8-9H2,1-3H3/t16-,17-,19-,20-/m0/s1. The Morgan fingerprint density at radius 3 is 2.21 bits per heavy atom. The van der Waals surface area contributed by atoms with E-state index in [9.17, 15) is 14.9 Å². The second kappa shape index (κ2) is 6.51. The summed E-state index contributed by atoms with van der Waals surface area (Å²) in [5.74, 6) is -0.748. The number of thiophene rings is 1. The van der Waals surface area contributed by atoms with Crippen LogP contribution in [0.15, 0.2) is 24.3 Å². The molecule has 3 saturated heterocycles. The van der Waals surface area contributed by atoms with Crippen LogP contribution in [0, 0.1) is 30.1 Å². The molecule has 29 heavy (non-hydrogen) atoms. The smallest absolute Gasteiger partial charge is 0.241 e. The molecule has 0 saturated carbocycles. The number of nitriles is 1. The second-order valence-corrected chi connectivity index (χ2v) is 9.66. The second-order valence-electron chi connectivity index (χ2n) is 8.46. The molecule has 5 rings (SSSR count). The van der Waals surface area contributed by atoms with Gasteiger partial charge >= 0.3 is 0 Å². The maximum atomic E-state index is 13.2. The summed E-state index contributed by atoms with van der Waals surface area (Å²) in [5, 5.41) is 10.4. The predicted molar refractivity (Wildman–Crippen MR) is 111 cm³/mol. The lowest BCUT2D eigenvalue weighted by atomic mass is 9.81. The largest absolute Gasteiger partial charge is 0.373 e. The number of ether oxygens (including phenoxy) is 1. The van der Waals surface area contributed by atoms with E-state index in [1.165, 1.54) is 21.8 Å². The van der Waals surface area contributed by atoms with Gasteiger partial charge in [0.2, 0.25) is 11.8 Å². The third-order valence-corrected chi connectivity index (χ3v) is 7.62. The molecule has 1 aromatic heterocycles. The van der Waals surface area contributed by atoms with Gasteiger partial charge in [-0.25, -0.2) is 4.90 Å². The lowest BCUT2D eigenvalue weighted by molar-refractivity contribution is -0.124. The zero-order valence-corrected chi connectivity index (χ0v) is 17.5. The molecule has 2 bridgehead atoms. The monoisotopic (exact) mass is 406 g/mol. The van der Waals surface area contributed by atoms with Crippen molar-refractivity contribution in [3.63, 3.8) is 0 Å². The van der Waals surface area contributed by atoms with Gasteiger partial charge in [-0.15, -0.1) is 11.3 Å². The van der Waals surface area contributed by atoms with Gasteiger partial charge in [-0.3, -0.25) is 9.59 Å². The Balaban J connectivity index is 1.57. The van der Waals surface area contributed by atoms with Crippen molar-refractivity contribution in [3.05, 3.63) is 40.3 Å². The van der Waals surface area contributed by atoms with Crippen LogP contribution < -0.4 is 4.90 Å². The minimum absolute atomic E-state index is 0.152. The molecule has 3 fully saturated rings. The molecule has 148 valence electrons. The van der Waals surface area contributed by atoms with Crippen LogP contribution in [-0.2, 0) is 14.3 Å². The SMILES string of the molecule is Cc1sc(N2C(=O)[C@@H]3[C@@H](C2=O)[C@@H]2CC[C@@H]3O2)c(C#N)c1-c1ccc(C(C)C)cc1. The summed E-state index contributed by atoms with van der Waals surface area (Å²) in [4.78, 5) is 28.5. The molecule has 4 atom stereocenters. The first kappa shape index (κ1) is 18.5. The van der Waals surface area contributed by atoms with Crippen molar-refractivity contribution in [3.8, 4) is 17.2 Å². The van der Waals surface area contributed by atoms with Crippen molar-refractivity contribution in [1.29, 1.82) is 5.26 Å². The van der Waals surface area contributed by atoms with E-state index >= 15 is 0 Å². The third-order valence-electron chi connectivity index (χ3n) is 6.53. The van der Waals surface area contributed by atoms with E-state index in [-0.39, 0.29) is 35.9 Å². The summed E-state index contributed by atoms with van der Waals surface area (Å²) in [6, 6.07) is 10.5. The maximum Gasteiger partial charge on any atom is 0.241 e. The minimum Gasteiger partial charge on any atom is -0.373 e. The van der Waals surface area contributed by atoms with Crippen molar-refractivity contribution >= 4 is 28.2 Å². The average molecular weight is 407 g/mol. The molecule has 0 N–H and O–H groups in total. The van der Waals surface area contributed by atoms with Crippen molar-refractivity contribution in [1.82, 2.24) is 0 Å². The number of carbonyl (C=O) groups excluding carboxylic acids is 2. The quantitative estimate of drug-likeness (QED) is 0.709. The normalized spacial score (nSPS) is 27.8. The van der Waals surface area contributed by atoms with Crippen LogP contribution >= 0.6 is 11.3 Å². The predicted octanol–water partition coefficient (Wildman–Crippen LogP) is 4.39. The van der Waals surface area contributed by atoms with Crippen molar-refractivity contribution in [2.45, 2.75) is 51.7 Å². The van der Waals surface area contributed by atoms with Crippen molar-refractivity contribution in [2.24, 2.45) is 11.8 Å². The number of hydrogen-bond donors (Lipinski definition) is 0. The Bertz CT molecular complexity index is 1040. The Kier molecular flexibility index (Phi) is 4.16. The number of fused-ring (bicyclic) bond motifs is 5. The fourth-order valence-electron chi connectivity index (χ4n) is 5.09. The van der Waals surface area contributed by atoms with Crippen LogP contribution in [0.4, 0.5) is 5.00 Å². The highest BCUT2D eigenvalue weighted by atomic mass is 32.1. The molecule has 0 spiro atoms. The highest BCUT2D eigenvalue weighted by Gasteiger charge is 2.63. The Hall–Kier alpha value is -2.49. The van der Waals surface area contributed by atoms with Gasteiger partial charge in [-0.1, -0.05) is 38.1 Å². The van der Waals surface area contributed by atoms with E-state index < -0.39 is 0 Å². The number of amides is 2. The van der Waals surface area contributed by atoms with Gasteiger partial charge in [0.1, 0.15) is 11.1 Å². The Labute approximate surface area is 173 Å². The first-order valence-electron chi connectivity index (χ1n) is 10.1. The molecular weight excluding hydrogens is 384 g/mol. The summed E-state index contributed by atoms with van der Waals surface area (Å²) in [7, 11) is 0. The molecule has 0 radical (unpaired) electrons. The number of hydrogen-bond acceptors (Lipinski definition) is 5. The fraction of sp³-hybridized carbons (Fsp3) is 0.435. The van der Waals surface area contributed by atoms with Crippen molar-refractivity contribution < 1.29 is 14.3 Å². The fourth-order valence-corrected chi connectivity index (χ4v) is 6.22. The van der Waals surface area contributed by atoms with E-state index in [4.69, 9.17) is 4.74 Å². The summed E-state index contributed by atoms with van der Waals surface area (Å²) in [6.45, 7) is 6.23. The molecule has 2 amide bonds. The Morgan fingerprint density at radius 1 is 1.10 bits per heavy atom. The molecule has 1 aromatic carbocycles. The Morgan fingerprint density at radius 2 is 1.69 bits per heavy atom. The van der Waals surface area contributed by atoms with Crippen LogP contribution in [0.25, 0.3) is 11.1 Å². The van der Waals surface area contributed by atoms with Crippen LogP contribution in [0.1, 0.15) is 48.6 Å². The van der Waals surface area contributed by atoms with Crippen LogP contribution in [0.5, 0.6) is 0 Å². The molecule has 4 heterocycles. The summed E-state index contributed by atoms with van der Waals surface area (Å²) >= 11 is 1.36. The van der Waals surface area contributed by atoms with Gasteiger partial charge in [-0.05, 0) is 36.8 Å². The number of benzene rings is 1. The topological polar surface area (TPSA) is 70.4 Å². The molecule has 5 nitrogen and oxygen atoms in total. The van der Waals surface area contributed by atoms with Gasteiger partial charge in [0.15, 0.2) is 0 Å². The molecular formula is C23H22N2O3S. The summed E-state index contributed by atoms with van der Waals surface area (Å²) in [5.41, 5.74) is 3.40. The number of aryl methyl sites for hydroxylation is 1. The van der Waals surface area contributed by atoms with Gasteiger partial charge in [0.05, 0.1) is 29.6 Å². The third kappa shape index (κ3) is 2.54. The molecule has 0 unspecified atom stereocenters. The van der Waals surface area contributed by atoms with Gasteiger partial charge in [0.25, 0.3) is 0 Å². The lowest BCUT2D eigenvalue weighted by Crippen LogP contribution is -2.34. The van der Waals surface area contributed by atoms with Gasteiger partial charge in [0, 0.05) is 10.4 Å². The van der Waals surface area contributed by atoms with Gasteiger partial charge < -0.3 is 4.74 Å². The number of carbonyl (C=O) groups is 2. The minimum atomic E-state index is -0.385. The molecule has 6 heteroatoms. The van der Waals surface area contributed by atoms with Crippen LogP contribution in [-0.4, -0.2) is 24.0 Å². The zero-order valence-electron chi connectivity index (χ0n) is 16.6. The van der Waals surface area contributed by atoms with E-state index in [1.807, 2.05) is 19.1 Å². The highest BCUT2D eigenvalue weighted by molar-refractivity contribution is 7.17. The molecule has 2 aromatic rings. The van der Waals surface area contributed by atoms with E-state index in [0.29, 0.717) is 16.5 Å². The molecule has 3 aliphatic heterocycles. The van der Waals surface area contributed by atoms with E-state index in [0.717, 1.165) is 28.8 Å². The van der Waals surface area contributed by atoms with E-state index in [2.05, 4.69) is 32.0 Å². The van der Waals surface area contributed by atoms with Crippen LogP contribution in [0.2, 0.25) is 0 Å². The highest BCUT2D eigenvalue weighted by Crippen LogP contribution is 2.52. The first-order valence-corrected chi connectivity index (χ1v) is 10.9. The van der Waals surface area contributed by atoms with Crippen molar-refractivity contribution in [2.75, 3.05) is 4.90 Å². The average Bonchev–Trinajstić information content (AvgIpc) is 3.44. The summed E-state index contributed by atoms with van der Waals surface area (Å²) in [6.07, 6.45) is 1.36. The molecule has 3 aliphatic rings. The maximum absolute atomic E-state index is 13.2. The first-order chi connectivity index (χ1) is 13.9. The number of rotatable bonds is 3. The zero-order chi connectivity index (χ0) is 20.4. The molecule has 0 aliphatic carbocycles. The lowest BCUT2D eigenvalue weighted by Gasteiger charge is -2.16. The summed E-state index contributed by atoms with van der Waals surface area (Å²) < 4.78 is 5.82. The van der Waals surface area contributed by atoms with Crippen LogP contribution in [0.3, 0.4) is 0 Å². The van der Waals surface area contributed by atoms with Gasteiger partial charge in [-0.2, -0.15) is 5.26 Å². The number of imide groups is 1. The number of anilines is 1.